The van der Waals surface area contributed by atoms with Crippen molar-refractivity contribution in [2.24, 2.45) is 0 Å². The number of amides is 2. The molecule has 12 heteroatoms. The SMILES string of the molecule is CCCCC/C=C\C/C=C\CCCCCCCC(=O)OCC(OC(=O)NCCCCN1CCCC1)C(COC(=O)CCCCCCC/C=C\CCCCCCCC)OC(=O)NCCCCN1CCCC1. The minimum Gasteiger partial charge on any atom is -0.462 e. The van der Waals surface area contributed by atoms with Crippen molar-refractivity contribution in [1.29, 1.82) is 0 Å². The summed E-state index contributed by atoms with van der Waals surface area (Å²) >= 11 is 0. The van der Waals surface area contributed by atoms with Crippen LogP contribution in [0.15, 0.2) is 36.5 Å². The number of unbranched alkanes of at least 4 members (excludes halogenated alkanes) is 21. The van der Waals surface area contributed by atoms with Crippen molar-refractivity contribution in [2.45, 2.75) is 244 Å². The summed E-state index contributed by atoms with van der Waals surface area (Å²) < 4.78 is 23.1. The molecule has 70 heavy (non-hydrogen) atoms. The van der Waals surface area contributed by atoms with Crippen LogP contribution in [0.5, 0.6) is 0 Å². The maximum atomic E-state index is 13.2. The Morgan fingerprint density at radius 1 is 0.429 bits per heavy atom. The monoisotopic (exact) mass is 985 g/mol. The van der Waals surface area contributed by atoms with E-state index in [9.17, 15) is 19.2 Å². The largest absolute Gasteiger partial charge is 0.462 e. The summed E-state index contributed by atoms with van der Waals surface area (Å²) in [6.07, 6.45) is 45.8. The molecule has 12 nitrogen and oxygen atoms in total. The van der Waals surface area contributed by atoms with Crippen LogP contribution in [0.2, 0.25) is 0 Å². The third-order valence-corrected chi connectivity index (χ3v) is 13.5. The van der Waals surface area contributed by atoms with E-state index < -0.39 is 36.3 Å². The molecule has 2 aliphatic rings. The molecule has 0 saturated carbocycles. The molecule has 0 radical (unpaired) electrons. The highest BCUT2D eigenvalue weighted by Gasteiger charge is 2.32. The number of rotatable bonds is 46. The highest BCUT2D eigenvalue weighted by atomic mass is 16.6. The molecule has 2 aliphatic heterocycles. The van der Waals surface area contributed by atoms with Crippen molar-refractivity contribution in [3.8, 4) is 0 Å². The first kappa shape index (κ1) is 62.7. The number of hydrogen-bond acceptors (Lipinski definition) is 10. The molecule has 2 atom stereocenters. The van der Waals surface area contributed by atoms with Gasteiger partial charge in [0.2, 0.25) is 0 Å². The number of hydrogen-bond donors (Lipinski definition) is 2. The Bertz CT molecular complexity index is 1360. The Balaban J connectivity index is 1.88. The molecule has 2 unspecified atom stereocenters. The molecule has 0 aromatic carbocycles. The van der Waals surface area contributed by atoms with E-state index in [0.29, 0.717) is 25.9 Å². The number of alkyl carbamates (subject to hydrolysis) is 2. The van der Waals surface area contributed by atoms with Gasteiger partial charge in [0.1, 0.15) is 13.2 Å². The zero-order chi connectivity index (χ0) is 50.2. The highest BCUT2D eigenvalue weighted by molar-refractivity contribution is 5.71. The lowest BCUT2D eigenvalue weighted by atomic mass is 10.1. The molecule has 0 aliphatic carbocycles. The van der Waals surface area contributed by atoms with Gasteiger partial charge in [-0.3, -0.25) is 9.59 Å². The van der Waals surface area contributed by atoms with Crippen LogP contribution >= 0.6 is 0 Å². The summed E-state index contributed by atoms with van der Waals surface area (Å²) in [4.78, 5) is 57.4. The maximum Gasteiger partial charge on any atom is 0.407 e. The summed E-state index contributed by atoms with van der Waals surface area (Å²) in [7, 11) is 0. The number of ether oxygens (including phenoxy) is 4. The van der Waals surface area contributed by atoms with Crippen molar-refractivity contribution in [3.63, 3.8) is 0 Å². The third-order valence-electron chi connectivity index (χ3n) is 13.5. The Morgan fingerprint density at radius 2 is 0.771 bits per heavy atom. The molecular formula is C58H104N4O8. The lowest BCUT2D eigenvalue weighted by Crippen LogP contribution is -2.46. The number of nitrogens with one attached hydrogen (secondary N) is 2. The fourth-order valence-electron chi connectivity index (χ4n) is 9.02. The number of esters is 2. The summed E-state index contributed by atoms with van der Waals surface area (Å²) in [5.74, 6) is -0.822. The second-order valence-corrected chi connectivity index (χ2v) is 19.9. The summed E-state index contributed by atoms with van der Waals surface area (Å²) in [6, 6.07) is 0. The molecule has 0 aromatic heterocycles. The summed E-state index contributed by atoms with van der Waals surface area (Å²) in [5, 5.41) is 5.65. The normalized spacial score (nSPS) is 15.3. The van der Waals surface area contributed by atoms with Gasteiger partial charge < -0.3 is 39.4 Å². The molecule has 2 rings (SSSR count). The van der Waals surface area contributed by atoms with Crippen LogP contribution in [0.3, 0.4) is 0 Å². The van der Waals surface area contributed by atoms with Gasteiger partial charge in [-0.15, -0.1) is 0 Å². The van der Waals surface area contributed by atoms with Crippen molar-refractivity contribution in [1.82, 2.24) is 20.4 Å². The Kier molecular flexibility index (Phi) is 41.8. The van der Waals surface area contributed by atoms with Crippen molar-refractivity contribution >= 4 is 24.1 Å². The van der Waals surface area contributed by atoms with E-state index >= 15 is 0 Å². The van der Waals surface area contributed by atoms with Gasteiger partial charge in [-0.25, -0.2) is 9.59 Å². The van der Waals surface area contributed by atoms with Gasteiger partial charge in [0.25, 0.3) is 0 Å². The quantitative estimate of drug-likeness (QED) is 0.0263. The lowest BCUT2D eigenvalue weighted by molar-refractivity contribution is -0.156. The van der Waals surface area contributed by atoms with Crippen molar-refractivity contribution in [2.75, 3.05) is 65.6 Å². The Morgan fingerprint density at radius 3 is 1.19 bits per heavy atom. The molecule has 0 bridgehead atoms. The molecule has 2 saturated heterocycles. The van der Waals surface area contributed by atoms with E-state index in [1.807, 2.05) is 0 Å². The molecule has 2 amide bonds. The molecule has 2 fully saturated rings. The van der Waals surface area contributed by atoms with Crippen LogP contribution in [0.4, 0.5) is 9.59 Å². The van der Waals surface area contributed by atoms with Gasteiger partial charge in [0.15, 0.2) is 12.2 Å². The zero-order valence-electron chi connectivity index (χ0n) is 44.9. The van der Waals surface area contributed by atoms with E-state index in [0.717, 1.165) is 136 Å². The van der Waals surface area contributed by atoms with Crippen LogP contribution in [-0.2, 0) is 28.5 Å². The van der Waals surface area contributed by atoms with Crippen LogP contribution < -0.4 is 10.6 Å². The van der Waals surface area contributed by atoms with Crippen LogP contribution in [0.1, 0.15) is 232 Å². The smallest absolute Gasteiger partial charge is 0.407 e. The summed E-state index contributed by atoms with van der Waals surface area (Å²) in [6.45, 7) is 11.2. The fourth-order valence-corrected chi connectivity index (χ4v) is 9.02. The molecular weight excluding hydrogens is 881 g/mol. The molecule has 0 aromatic rings. The number of allylic oxidation sites excluding steroid dienone is 6. The topological polar surface area (TPSA) is 136 Å². The minimum absolute atomic E-state index is 0.231. The number of carbonyl (C=O) groups excluding carboxylic acids is 4. The van der Waals surface area contributed by atoms with E-state index in [4.69, 9.17) is 18.9 Å². The number of carbonyl (C=O) groups is 4. The van der Waals surface area contributed by atoms with E-state index in [2.05, 4.69) is 70.7 Å². The lowest BCUT2D eigenvalue weighted by Gasteiger charge is -2.26. The number of nitrogens with zero attached hydrogens (tertiary/aromatic N) is 2. The second-order valence-electron chi connectivity index (χ2n) is 19.9. The second kappa shape index (κ2) is 46.7. The Hall–Kier alpha value is -3.38. The minimum atomic E-state index is -1.19. The van der Waals surface area contributed by atoms with Crippen LogP contribution in [0, 0.1) is 0 Å². The first-order valence-corrected chi connectivity index (χ1v) is 29.0. The van der Waals surface area contributed by atoms with Gasteiger partial charge in [0.05, 0.1) is 0 Å². The van der Waals surface area contributed by atoms with Gasteiger partial charge >= 0.3 is 24.1 Å². The Labute approximate surface area is 427 Å². The van der Waals surface area contributed by atoms with Crippen molar-refractivity contribution < 1.29 is 38.1 Å². The van der Waals surface area contributed by atoms with E-state index in [1.165, 1.54) is 96.3 Å². The molecule has 404 valence electrons. The van der Waals surface area contributed by atoms with Crippen molar-refractivity contribution in [3.05, 3.63) is 36.5 Å². The molecule has 0 spiro atoms. The van der Waals surface area contributed by atoms with Gasteiger partial charge in [-0.05, 0) is 161 Å². The predicted molar refractivity (Wildman–Crippen MR) is 287 cm³/mol. The van der Waals surface area contributed by atoms with Crippen LogP contribution in [-0.4, -0.2) is 112 Å². The van der Waals surface area contributed by atoms with E-state index in [1.54, 1.807) is 0 Å². The first-order valence-electron chi connectivity index (χ1n) is 29.0. The third kappa shape index (κ3) is 38.3. The average molecular weight is 985 g/mol. The van der Waals surface area contributed by atoms with Gasteiger partial charge in [-0.2, -0.15) is 0 Å². The van der Waals surface area contributed by atoms with Gasteiger partial charge in [-0.1, -0.05) is 134 Å². The average Bonchev–Trinajstić information content (AvgIpc) is 4.09. The summed E-state index contributed by atoms with van der Waals surface area (Å²) in [5.41, 5.74) is 0. The predicted octanol–water partition coefficient (Wildman–Crippen LogP) is 13.9. The number of likely N-dealkylation sites (tertiary alicyclic amines) is 2. The molecule has 2 N–H and O–H groups in total. The van der Waals surface area contributed by atoms with Gasteiger partial charge in [0, 0.05) is 25.9 Å². The first-order chi connectivity index (χ1) is 34.4. The van der Waals surface area contributed by atoms with E-state index in [-0.39, 0.29) is 26.1 Å². The zero-order valence-corrected chi connectivity index (χ0v) is 44.9. The maximum absolute atomic E-state index is 13.2. The fraction of sp³-hybridized carbons (Fsp3) is 0.828. The standard InChI is InChI=1S/C58H104N4O8/c1-3-5-7-9-11-13-15-17-19-21-23-25-27-29-31-41-55(63)67-51-53(69-57(65)59-43-33-35-45-61-47-37-38-48-61)54(70-58(66)60-44-34-36-46-62-49-39-40-50-62)52-68-56(64)42-32-30-28-26-24-22-20-18-16-14-12-10-8-6-4-2/h11,13,17-20,53-54H,3-10,12,14-16,21-52H2,1-2H3,(H,59,65)(H,60,66)/b13-11-,19-17-,20-18-. The molecule has 2 heterocycles. The highest BCUT2D eigenvalue weighted by Crippen LogP contribution is 2.15. The van der Waals surface area contributed by atoms with Crippen LogP contribution in [0.25, 0.3) is 0 Å².